The first kappa shape index (κ1) is 15.1. The van der Waals surface area contributed by atoms with Crippen molar-refractivity contribution in [2.75, 3.05) is 0 Å². The highest BCUT2D eigenvalue weighted by molar-refractivity contribution is 6.10. The summed E-state index contributed by atoms with van der Waals surface area (Å²) in [6.07, 6.45) is 0. The second kappa shape index (κ2) is 6.21. The van der Waals surface area contributed by atoms with Crippen LogP contribution in [0.1, 0.15) is 15.9 Å². The molecule has 0 N–H and O–H groups in total. The number of ketones is 1. The van der Waals surface area contributed by atoms with Crippen molar-refractivity contribution in [1.29, 1.82) is 0 Å². The zero-order chi connectivity index (χ0) is 17.2. The van der Waals surface area contributed by atoms with Crippen LogP contribution in [0.15, 0.2) is 94.1 Å². The molecule has 0 aliphatic heterocycles. The average molecular weight is 326 g/mol. The van der Waals surface area contributed by atoms with E-state index in [1.807, 2.05) is 54.6 Å². The largest absolute Gasteiger partial charge is 0.422 e. The van der Waals surface area contributed by atoms with Crippen LogP contribution in [0.4, 0.5) is 0 Å². The highest BCUT2D eigenvalue weighted by atomic mass is 16.4. The third-order valence-corrected chi connectivity index (χ3v) is 4.14. The molecular formula is C22H14O3. The van der Waals surface area contributed by atoms with Crippen LogP contribution in [0.2, 0.25) is 0 Å². The number of benzene rings is 3. The van der Waals surface area contributed by atoms with Crippen LogP contribution < -0.4 is 5.63 Å². The Morgan fingerprint density at radius 3 is 2.12 bits per heavy atom. The minimum atomic E-state index is -0.615. The first-order valence-electron chi connectivity index (χ1n) is 7.95. The van der Waals surface area contributed by atoms with E-state index in [1.165, 1.54) is 0 Å². The van der Waals surface area contributed by atoms with Crippen molar-refractivity contribution in [3.63, 3.8) is 0 Å². The van der Waals surface area contributed by atoms with Gasteiger partial charge in [-0.25, -0.2) is 4.79 Å². The molecule has 0 unspecified atom stereocenters. The van der Waals surface area contributed by atoms with Crippen LogP contribution in [0.5, 0.6) is 0 Å². The molecule has 0 atom stereocenters. The standard InChI is InChI=1S/C22H14O3/c23-21(19-14-18-8-4-5-9-20(18)25-22(19)24)17-12-10-16(11-13-17)15-6-2-1-3-7-15/h1-14H. The fourth-order valence-electron chi connectivity index (χ4n) is 2.82. The second-order valence-corrected chi connectivity index (χ2v) is 5.76. The van der Waals surface area contributed by atoms with Gasteiger partial charge in [-0.3, -0.25) is 4.79 Å². The van der Waals surface area contributed by atoms with Crippen LogP contribution in [0.3, 0.4) is 0 Å². The molecule has 0 amide bonds. The first-order valence-corrected chi connectivity index (χ1v) is 7.95. The fourth-order valence-corrected chi connectivity index (χ4v) is 2.82. The van der Waals surface area contributed by atoms with Gasteiger partial charge >= 0.3 is 5.63 Å². The molecule has 4 rings (SSSR count). The van der Waals surface area contributed by atoms with Crippen molar-refractivity contribution in [2.24, 2.45) is 0 Å². The van der Waals surface area contributed by atoms with Gasteiger partial charge in [-0.05, 0) is 23.3 Å². The zero-order valence-electron chi connectivity index (χ0n) is 13.3. The van der Waals surface area contributed by atoms with Gasteiger partial charge in [0.05, 0.1) is 0 Å². The number of hydrogen-bond acceptors (Lipinski definition) is 3. The van der Waals surface area contributed by atoms with E-state index in [0.29, 0.717) is 11.1 Å². The van der Waals surface area contributed by atoms with Gasteiger partial charge in [0.25, 0.3) is 0 Å². The number of carbonyl (C=O) groups is 1. The number of fused-ring (bicyclic) bond motifs is 1. The molecular weight excluding hydrogens is 312 g/mol. The van der Waals surface area contributed by atoms with E-state index in [4.69, 9.17) is 4.42 Å². The Hall–Kier alpha value is -3.46. The highest BCUT2D eigenvalue weighted by Gasteiger charge is 2.15. The molecule has 0 aliphatic rings. The molecule has 0 bridgehead atoms. The van der Waals surface area contributed by atoms with E-state index in [2.05, 4.69) is 0 Å². The molecule has 4 aromatic rings. The van der Waals surface area contributed by atoms with E-state index in [-0.39, 0.29) is 11.3 Å². The normalized spacial score (nSPS) is 10.7. The molecule has 120 valence electrons. The lowest BCUT2D eigenvalue weighted by Crippen LogP contribution is -2.14. The van der Waals surface area contributed by atoms with Crippen molar-refractivity contribution in [2.45, 2.75) is 0 Å². The summed E-state index contributed by atoms with van der Waals surface area (Å²) in [6.45, 7) is 0. The molecule has 25 heavy (non-hydrogen) atoms. The van der Waals surface area contributed by atoms with E-state index in [0.717, 1.165) is 16.5 Å². The Morgan fingerprint density at radius 1 is 0.720 bits per heavy atom. The molecule has 0 fully saturated rings. The fraction of sp³-hybridized carbons (Fsp3) is 0. The summed E-state index contributed by atoms with van der Waals surface area (Å²) in [5.74, 6) is -0.334. The lowest BCUT2D eigenvalue weighted by molar-refractivity contribution is 0.103. The highest BCUT2D eigenvalue weighted by Crippen LogP contribution is 2.21. The molecule has 0 saturated carbocycles. The van der Waals surface area contributed by atoms with Gasteiger partial charge in [0.15, 0.2) is 5.78 Å². The minimum Gasteiger partial charge on any atom is -0.422 e. The van der Waals surface area contributed by atoms with E-state index < -0.39 is 5.63 Å². The van der Waals surface area contributed by atoms with Crippen molar-refractivity contribution in [3.8, 4) is 11.1 Å². The lowest BCUT2D eigenvalue weighted by Gasteiger charge is -2.04. The number of carbonyl (C=O) groups excluding carboxylic acids is 1. The molecule has 1 heterocycles. The van der Waals surface area contributed by atoms with Gasteiger partial charge in [0, 0.05) is 10.9 Å². The van der Waals surface area contributed by atoms with Crippen molar-refractivity contribution >= 4 is 16.8 Å². The van der Waals surface area contributed by atoms with Crippen LogP contribution in [0.25, 0.3) is 22.1 Å². The van der Waals surface area contributed by atoms with Gasteiger partial charge in [-0.15, -0.1) is 0 Å². The molecule has 0 saturated heterocycles. The van der Waals surface area contributed by atoms with Crippen molar-refractivity contribution < 1.29 is 9.21 Å². The second-order valence-electron chi connectivity index (χ2n) is 5.76. The summed E-state index contributed by atoms with van der Waals surface area (Å²) in [5.41, 5.74) is 2.46. The van der Waals surface area contributed by atoms with Crippen LogP contribution in [-0.4, -0.2) is 5.78 Å². The Balaban J connectivity index is 1.72. The molecule has 3 nitrogen and oxygen atoms in total. The molecule has 0 aliphatic carbocycles. The number of rotatable bonds is 3. The predicted molar refractivity (Wildman–Crippen MR) is 97.8 cm³/mol. The van der Waals surface area contributed by atoms with E-state index >= 15 is 0 Å². The van der Waals surface area contributed by atoms with Crippen LogP contribution in [-0.2, 0) is 0 Å². The molecule has 0 radical (unpaired) electrons. The monoisotopic (exact) mass is 326 g/mol. The summed E-state index contributed by atoms with van der Waals surface area (Å²) in [6, 6.07) is 25.9. The molecule has 3 heteroatoms. The topological polar surface area (TPSA) is 47.3 Å². The van der Waals surface area contributed by atoms with Gasteiger partial charge in [-0.2, -0.15) is 0 Å². The minimum absolute atomic E-state index is 0.0474. The van der Waals surface area contributed by atoms with Gasteiger partial charge in [0.1, 0.15) is 11.1 Å². The maximum atomic E-state index is 12.7. The summed E-state index contributed by atoms with van der Waals surface area (Å²) >= 11 is 0. The maximum Gasteiger partial charge on any atom is 0.347 e. The summed E-state index contributed by atoms with van der Waals surface area (Å²) < 4.78 is 5.25. The summed E-state index contributed by atoms with van der Waals surface area (Å²) in [5, 5.41) is 0.728. The SMILES string of the molecule is O=C(c1ccc(-c2ccccc2)cc1)c1cc2ccccc2oc1=O. The van der Waals surface area contributed by atoms with Crippen molar-refractivity contribution in [1.82, 2.24) is 0 Å². The average Bonchev–Trinajstić information content (AvgIpc) is 2.68. The van der Waals surface area contributed by atoms with Crippen molar-refractivity contribution in [3.05, 3.63) is 106 Å². The molecule has 0 spiro atoms. The van der Waals surface area contributed by atoms with Gasteiger partial charge < -0.3 is 4.42 Å². The summed E-state index contributed by atoms with van der Waals surface area (Å²) in [7, 11) is 0. The smallest absolute Gasteiger partial charge is 0.347 e. The van der Waals surface area contributed by atoms with E-state index in [1.54, 1.807) is 30.3 Å². The molecule has 1 aromatic heterocycles. The van der Waals surface area contributed by atoms with Gasteiger partial charge in [0.2, 0.25) is 0 Å². The molecule has 3 aromatic carbocycles. The predicted octanol–water partition coefficient (Wildman–Crippen LogP) is 4.69. The Bertz CT molecular complexity index is 1110. The summed E-state index contributed by atoms with van der Waals surface area (Å²) in [4.78, 5) is 24.8. The Kier molecular flexibility index (Phi) is 3.75. The van der Waals surface area contributed by atoms with E-state index in [9.17, 15) is 9.59 Å². The third kappa shape index (κ3) is 2.88. The number of para-hydroxylation sites is 1. The lowest BCUT2D eigenvalue weighted by atomic mass is 9.99. The van der Waals surface area contributed by atoms with Crippen LogP contribution in [0, 0.1) is 0 Å². The Morgan fingerprint density at radius 2 is 1.36 bits per heavy atom. The third-order valence-electron chi connectivity index (χ3n) is 4.14. The maximum absolute atomic E-state index is 12.7. The van der Waals surface area contributed by atoms with Gasteiger partial charge in [-0.1, -0.05) is 72.8 Å². The van der Waals surface area contributed by atoms with Crippen LogP contribution >= 0.6 is 0 Å². The zero-order valence-corrected chi connectivity index (χ0v) is 13.3. The Labute approximate surface area is 144 Å². The quantitative estimate of drug-likeness (QED) is 0.405. The number of hydrogen-bond donors (Lipinski definition) is 0. The first-order chi connectivity index (χ1) is 12.2.